The number of hydrogen-bond acceptors (Lipinski definition) is 3. The topological polar surface area (TPSA) is 64.3 Å². The second-order valence-electron chi connectivity index (χ2n) is 3.46. The Kier molecular flexibility index (Phi) is 3.85. The van der Waals surface area contributed by atoms with Crippen molar-refractivity contribution >= 4 is 5.97 Å². The standard InChI is InChI=1S/C10H16N2O3/c1-4-7(2)15-6-9-8(10(13)14)5-11-12(9)3/h5,7H,4,6H2,1-3H3,(H,13,14)/t7-/m0/s1. The molecule has 15 heavy (non-hydrogen) atoms. The molecule has 1 N–H and O–H groups in total. The van der Waals surface area contributed by atoms with Gasteiger partial charge in [-0.2, -0.15) is 5.10 Å². The van der Waals surface area contributed by atoms with Crippen LogP contribution in [0.15, 0.2) is 6.20 Å². The Balaban J connectivity index is 2.75. The third kappa shape index (κ3) is 2.79. The summed E-state index contributed by atoms with van der Waals surface area (Å²) in [5.41, 5.74) is 0.809. The molecule has 84 valence electrons. The zero-order chi connectivity index (χ0) is 11.4. The van der Waals surface area contributed by atoms with Gasteiger partial charge in [-0.05, 0) is 13.3 Å². The van der Waals surface area contributed by atoms with Gasteiger partial charge in [-0.3, -0.25) is 4.68 Å². The molecule has 0 saturated heterocycles. The van der Waals surface area contributed by atoms with Crippen LogP contribution in [0.2, 0.25) is 0 Å². The minimum Gasteiger partial charge on any atom is -0.478 e. The van der Waals surface area contributed by atoms with Crippen molar-refractivity contribution < 1.29 is 14.6 Å². The van der Waals surface area contributed by atoms with Gasteiger partial charge in [-0.1, -0.05) is 6.92 Å². The van der Waals surface area contributed by atoms with Crippen LogP contribution in [0.4, 0.5) is 0 Å². The average Bonchev–Trinajstić information content (AvgIpc) is 2.56. The summed E-state index contributed by atoms with van der Waals surface area (Å²) >= 11 is 0. The van der Waals surface area contributed by atoms with Crippen LogP contribution in [0.3, 0.4) is 0 Å². The second-order valence-corrected chi connectivity index (χ2v) is 3.46. The van der Waals surface area contributed by atoms with Gasteiger partial charge in [0.05, 0.1) is 24.6 Å². The molecule has 1 atom stereocenters. The fourth-order valence-corrected chi connectivity index (χ4v) is 1.15. The summed E-state index contributed by atoms with van der Waals surface area (Å²) in [6.45, 7) is 4.26. The van der Waals surface area contributed by atoms with Crippen LogP contribution in [0, 0.1) is 0 Å². The maximum absolute atomic E-state index is 10.8. The van der Waals surface area contributed by atoms with Crippen molar-refractivity contribution in [2.75, 3.05) is 0 Å². The molecule has 1 aromatic rings. The first kappa shape index (κ1) is 11.7. The summed E-state index contributed by atoms with van der Waals surface area (Å²) < 4.78 is 7.02. The molecule has 1 aromatic heterocycles. The van der Waals surface area contributed by atoms with Crippen LogP contribution >= 0.6 is 0 Å². The Morgan fingerprint density at radius 3 is 2.93 bits per heavy atom. The number of hydrogen-bond donors (Lipinski definition) is 1. The lowest BCUT2D eigenvalue weighted by Gasteiger charge is -2.11. The van der Waals surface area contributed by atoms with E-state index in [-0.39, 0.29) is 18.3 Å². The monoisotopic (exact) mass is 212 g/mol. The van der Waals surface area contributed by atoms with Crippen molar-refractivity contribution in [3.05, 3.63) is 17.5 Å². The average molecular weight is 212 g/mol. The molecule has 0 radical (unpaired) electrons. The lowest BCUT2D eigenvalue weighted by Crippen LogP contribution is -2.11. The van der Waals surface area contributed by atoms with E-state index in [1.54, 1.807) is 7.05 Å². The summed E-state index contributed by atoms with van der Waals surface area (Å²) in [5, 5.41) is 12.8. The van der Waals surface area contributed by atoms with Crippen LogP contribution in [-0.4, -0.2) is 27.0 Å². The van der Waals surface area contributed by atoms with Gasteiger partial charge in [0.1, 0.15) is 5.56 Å². The zero-order valence-electron chi connectivity index (χ0n) is 9.23. The van der Waals surface area contributed by atoms with E-state index in [0.29, 0.717) is 5.69 Å². The smallest absolute Gasteiger partial charge is 0.339 e. The van der Waals surface area contributed by atoms with Gasteiger partial charge in [0, 0.05) is 7.05 Å². The molecule has 0 saturated carbocycles. The number of aromatic carboxylic acids is 1. The first-order valence-corrected chi connectivity index (χ1v) is 4.92. The van der Waals surface area contributed by atoms with E-state index in [2.05, 4.69) is 5.10 Å². The van der Waals surface area contributed by atoms with Crippen LogP contribution < -0.4 is 0 Å². The fraction of sp³-hybridized carbons (Fsp3) is 0.600. The molecule has 0 aliphatic rings. The normalized spacial score (nSPS) is 12.7. The van der Waals surface area contributed by atoms with Crippen LogP contribution in [0.1, 0.15) is 36.3 Å². The van der Waals surface area contributed by atoms with Crippen LogP contribution in [-0.2, 0) is 18.4 Å². The number of carbonyl (C=O) groups is 1. The van der Waals surface area contributed by atoms with Crippen molar-refractivity contribution in [2.24, 2.45) is 7.05 Å². The van der Waals surface area contributed by atoms with Gasteiger partial charge in [0.2, 0.25) is 0 Å². The predicted octanol–water partition coefficient (Wildman–Crippen LogP) is 1.43. The highest BCUT2D eigenvalue weighted by Crippen LogP contribution is 2.10. The van der Waals surface area contributed by atoms with Gasteiger partial charge < -0.3 is 9.84 Å². The Bertz CT molecular complexity index is 346. The van der Waals surface area contributed by atoms with Gasteiger partial charge in [-0.25, -0.2) is 4.79 Å². The lowest BCUT2D eigenvalue weighted by molar-refractivity contribution is 0.0453. The molecular weight excluding hydrogens is 196 g/mol. The maximum Gasteiger partial charge on any atom is 0.339 e. The van der Waals surface area contributed by atoms with E-state index < -0.39 is 5.97 Å². The molecule has 5 heteroatoms. The van der Waals surface area contributed by atoms with E-state index in [1.807, 2.05) is 13.8 Å². The van der Waals surface area contributed by atoms with Crippen molar-refractivity contribution in [1.29, 1.82) is 0 Å². The summed E-state index contributed by atoms with van der Waals surface area (Å²) in [6, 6.07) is 0. The number of ether oxygens (including phenoxy) is 1. The van der Waals surface area contributed by atoms with Gasteiger partial charge >= 0.3 is 5.97 Å². The van der Waals surface area contributed by atoms with E-state index >= 15 is 0 Å². The Morgan fingerprint density at radius 2 is 2.40 bits per heavy atom. The van der Waals surface area contributed by atoms with E-state index in [0.717, 1.165) is 6.42 Å². The molecule has 0 fully saturated rings. The highest BCUT2D eigenvalue weighted by atomic mass is 16.5. The summed E-state index contributed by atoms with van der Waals surface area (Å²) in [4.78, 5) is 10.8. The van der Waals surface area contributed by atoms with E-state index in [9.17, 15) is 4.79 Å². The quantitative estimate of drug-likeness (QED) is 0.802. The maximum atomic E-state index is 10.8. The minimum absolute atomic E-state index is 0.126. The van der Waals surface area contributed by atoms with Crippen molar-refractivity contribution in [2.45, 2.75) is 33.0 Å². The molecular formula is C10H16N2O3. The number of aryl methyl sites for hydroxylation is 1. The molecule has 1 rings (SSSR count). The van der Waals surface area contributed by atoms with E-state index in [1.165, 1.54) is 10.9 Å². The molecule has 1 heterocycles. The first-order valence-electron chi connectivity index (χ1n) is 4.92. The number of carboxylic acid groups (broad SMARTS) is 1. The molecule has 0 unspecified atom stereocenters. The lowest BCUT2D eigenvalue weighted by atomic mass is 10.2. The number of aromatic nitrogens is 2. The van der Waals surface area contributed by atoms with Gasteiger partial charge in [0.25, 0.3) is 0 Å². The highest BCUT2D eigenvalue weighted by molar-refractivity contribution is 5.88. The third-order valence-corrected chi connectivity index (χ3v) is 2.37. The summed E-state index contributed by atoms with van der Waals surface area (Å²) in [6.07, 6.45) is 2.37. The molecule has 0 aliphatic carbocycles. The summed E-state index contributed by atoms with van der Waals surface area (Å²) in [5.74, 6) is -0.967. The van der Waals surface area contributed by atoms with Crippen molar-refractivity contribution in [3.8, 4) is 0 Å². The van der Waals surface area contributed by atoms with Crippen LogP contribution in [0.5, 0.6) is 0 Å². The van der Waals surface area contributed by atoms with Gasteiger partial charge in [0.15, 0.2) is 0 Å². The van der Waals surface area contributed by atoms with Gasteiger partial charge in [-0.15, -0.1) is 0 Å². The van der Waals surface area contributed by atoms with Crippen molar-refractivity contribution in [3.63, 3.8) is 0 Å². The van der Waals surface area contributed by atoms with Crippen LogP contribution in [0.25, 0.3) is 0 Å². The second kappa shape index (κ2) is 4.93. The molecule has 0 aromatic carbocycles. The number of rotatable bonds is 5. The number of carboxylic acids is 1. The SMILES string of the molecule is CC[C@H](C)OCc1c(C(=O)O)cnn1C. The van der Waals surface area contributed by atoms with Crippen molar-refractivity contribution in [1.82, 2.24) is 9.78 Å². The molecule has 5 nitrogen and oxygen atoms in total. The van der Waals surface area contributed by atoms with E-state index in [4.69, 9.17) is 9.84 Å². The molecule has 0 aliphatic heterocycles. The Labute approximate surface area is 88.7 Å². The molecule has 0 spiro atoms. The Morgan fingerprint density at radius 1 is 1.73 bits per heavy atom. The summed E-state index contributed by atoms with van der Waals surface area (Å²) in [7, 11) is 1.71. The molecule has 0 amide bonds. The third-order valence-electron chi connectivity index (χ3n) is 2.37. The zero-order valence-corrected chi connectivity index (χ0v) is 9.23. The minimum atomic E-state index is -0.967. The Hall–Kier alpha value is -1.36. The first-order chi connectivity index (χ1) is 7.06. The highest BCUT2D eigenvalue weighted by Gasteiger charge is 2.15. The number of nitrogens with zero attached hydrogens (tertiary/aromatic N) is 2. The fourth-order valence-electron chi connectivity index (χ4n) is 1.15. The molecule has 0 bridgehead atoms. The predicted molar refractivity (Wildman–Crippen MR) is 54.7 cm³/mol. The largest absolute Gasteiger partial charge is 0.478 e.